The van der Waals surface area contributed by atoms with Gasteiger partial charge >= 0.3 is 0 Å². The number of nitrogens with one attached hydrogen (secondary N) is 1. The second-order valence-electron chi connectivity index (χ2n) is 5.49. The van der Waals surface area contributed by atoms with E-state index in [1.807, 2.05) is 38.2 Å². The van der Waals surface area contributed by atoms with Crippen LogP contribution in [0.15, 0.2) is 42.5 Å². The molecule has 3 heteroatoms. The summed E-state index contributed by atoms with van der Waals surface area (Å²) in [7, 11) is 1.94. The van der Waals surface area contributed by atoms with E-state index in [0.29, 0.717) is 5.92 Å². The van der Waals surface area contributed by atoms with Crippen LogP contribution in [0.3, 0.4) is 0 Å². The van der Waals surface area contributed by atoms with Crippen molar-refractivity contribution in [2.24, 2.45) is 5.92 Å². The molecule has 0 amide bonds. The van der Waals surface area contributed by atoms with Gasteiger partial charge in [0.2, 0.25) is 0 Å². The molecule has 0 saturated carbocycles. The van der Waals surface area contributed by atoms with Crippen molar-refractivity contribution >= 4 is 11.6 Å². The number of halogens is 2. The van der Waals surface area contributed by atoms with Crippen molar-refractivity contribution < 1.29 is 4.39 Å². The second-order valence-corrected chi connectivity index (χ2v) is 5.90. The molecule has 0 bridgehead atoms. The molecule has 2 rings (SSSR count). The van der Waals surface area contributed by atoms with Gasteiger partial charge in [0, 0.05) is 5.02 Å². The van der Waals surface area contributed by atoms with Crippen molar-refractivity contribution in [1.29, 1.82) is 0 Å². The monoisotopic (exact) mass is 305 g/mol. The highest BCUT2D eigenvalue weighted by molar-refractivity contribution is 6.31. The van der Waals surface area contributed by atoms with Crippen molar-refractivity contribution in [2.75, 3.05) is 13.6 Å². The fourth-order valence-electron chi connectivity index (χ4n) is 2.65. The molecular formula is C18H21ClFN. The van der Waals surface area contributed by atoms with Gasteiger partial charge in [-0.05, 0) is 74.2 Å². The van der Waals surface area contributed by atoms with E-state index >= 15 is 0 Å². The van der Waals surface area contributed by atoms with E-state index in [9.17, 15) is 4.39 Å². The van der Waals surface area contributed by atoms with Crippen LogP contribution in [0.5, 0.6) is 0 Å². The molecule has 0 radical (unpaired) electrons. The number of rotatable bonds is 6. The smallest absolute Gasteiger partial charge is 0.123 e. The maximum Gasteiger partial charge on any atom is 0.123 e. The molecule has 112 valence electrons. The summed E-state index contributed by atoms with van der Waals surface area (Å²) in [5, 5.41) is 4.03. The zero-order valence-electron chi connectivity index (χ0n) is 12.5. The molecule has 0 fully saturated rings. The molecule has 0 heterocycles. The van der Waals surface area contributed by atoms with Gasteiger partial charge in [-0.1, -0.05) is 35.9 Å². The first-order chi connectivity index (χ1) is 10.1. The van der Waals surface area contributed by atoms with Crippen LogP contribution >= 0.6 is 11.6 Å². The van der Waals surface area contributed by atoms with Gasteiger partial charge in [0.15, 0.2) is 0 Å². The molecule has 1 unspecified atom stereocenters. The summed E-state index contributed by atoms with van der Waals surface area (Å²) in [4.78, 5) is 0. The van der Waals surface area contributed by atoms with Crippen LogP contribution in [-0.2, 0) is 12.8 Å². The van der Waals surface area contributed by atoms with Crippen molar-refractivity contribution in [3.05, 3.63) is 70.0 Å². The molecular weight excluding hydrogens is 285 g/mol. The van der Waals surface area contributed by atoms with Crippen LogP contribution in [0.25, 0.3) is 0 Å². The van der Waals surface area contributed by atoms with Gasteiger partial charge in [0.05, 0.1) is 0 Å². The van der Waals surface area contributed by atoms with Crippen molar-refractivity contribution in [3.63, 3.8) is 0 Å². The zero-order chi connectivity index (χ0) is 15.2. The minimum atomic E-state index is -0.170. The third-order valence-corrected chi connectivity index (χ3v) is 4.15. The lowest BCUT2D eigenvalue weighted by atomic mass is 9.90. The van der Waals surface area contributed by atoms with Gasteiger partial charge < -0.3 is 5.32 Å². The fraction of sp³-hybridized carbons (Fsp3) is 0.333. The van der Waals surface area contributed by atoms with Crippen molar-refractivity contribution in [1.82, 2.24) is 5.32 Å². The summed E-state index contributed by atoms with van der Waals surface area (Å²) in [5.41, 5.74) is 3.35. The Kier molecular flexibility index (Phi) is 5.77. The Balaban J connectivity index is 2.16. The normalized spacial score (nSPS) is 12.4. The molecule has 0 spiro atoms. The molecule has 1 atom stereocenters. The zero-order valence-corrected chi connectivity index (χ0v) is 13.3. The predicted octanol–water partition coefficient (Wildman–Crippen LogP) is 4.41. The highest BCUT2D eigenvalue weighted by atomic mass is 35.5. The highest BCUT2D eigenvalue weighted by Crippen LogP contribution is 2.22. The standard InChI is InChI=1S/C18H21ClFN/c1-13-7-8-17(20)11-16(13)10-14(12-21-2)9-15-5-3-4-6-18(15)19/h3-8,11,14,21H,9-10,12H2,1-2H3. The third kappa shape index (κ3) is 4.55. The van der Waals surface area contributed by atoms with Gasteiger partial charge in [0.1, 0.15) is 5.82 Å². The summed E-state index contributed by atoms with van der Waals surface area (Å²) in [6.07, 6.45) is 1.73. The SMILES string of the molecule is CNCC(Cc1cc(F)ccc1C)Cc1ccccc1Cl. The van der Waals surface area contributed by atoms with Crippen LogP contribution in [0.2, 0.25) is 5.02 Å². The predicted molar refractivity (Wildman–Crippen MR) is 87.4 cm³/mol. The van der Waals surface area contributed by atoms with Crippen LogP contribution in [0.4, 0.5) is 4.39 Å². The Morgan fingerprint density at radius 2 is 1.81 bits per heavy atom. The quantitative estimate of drug-likeness (QED) is 0.833. The van der Waals surface area contributed by atoms with E-state index in [1.165, 1.54) is 6.07 Å². The number of aryl methyl sites for hydroxylation is 1. The largest absolute Gasteiger partial charge is 0.319 e. The van der Waals surface area contributed by atoms with Crippen LogP contribution < -0.4 is 5.32 Å². The van der Waals surface area contributed by atoms with E-state index in [-0.39, 0.29) is 5.82 Å². The Labute approximate surface area is 131 Å². The first kappa shape index (κ1) is 16.0. The van der Waals surface area contributed by atoms with Crippen LogP contribution in [0.1, 0.15) is 16.7 Å². The van der Waals surface area contributed by atoms with Gasteiger partial charge in [0.25, 0.3) is 0 Å². The van der Waals surface area contributed by atoms with Crippen LogP contribution in [0, 0.1) is 18.7 Å². The molecule has 0 aliphatic rings. The average Bonchev–Trinajstić information content (AvgIpc) is 2.45. The first-order valence-corrected chi connectivity index (χ1v) is 7.61. The maximum absolute atomic E-state index is 13.4. The minimum absolute atomic E-state index is 0.170. The van der Waals surface area contributed by atoms with Crippen molar-refractivity contribution in [3.8, 4) is 0 Å². The molecule has 1 N–H and O–H groups in total. The van der Waals surface area contributed by atoms with E-state index < -0.39 is 0 Å². The van der Waals surface area contributed by atoms with E-state index in [0.717, 1.165) is 41.1 Å². The third-order valence-electron chi connectivity index (χ3n) is 3.78. The summed E-state index contributed by atoms with van der Waals surface area (Å²) >= 11 is 6.25. The second kappa shape index (κ2) is 7.58. The molecule has 0 aliphatic heterocycles. The summed E-state index contributed by atoms with van der Waals surface area (Å²) in [6, 6.07) is 12.9. The molecule has 0 aromatic heterocycles. The lowest BCUT2D eigenvalue weighted by molar-refractivity contribution is 0.490. The molecule has 1 nitrogen and oxygen atoms in total. The Morgan fingerprint density at radius 3 is 2.52 bits per heavy atom. The van der Waals surface area contributed by atoms with Crippen molar-refractivity contribution in [2.45, 2.75) is 19.8 Å². The van der Waals surface area contributed by atoms with Gasteiger partial charge in [-0.2, -0.15) is 0 Å². The van der Waals surface area contributed by atoms with Crippen LogP contribution in [-0.4, -0.2) is 13.6 Å². The lowest BCUT2D eigenvalue weighted by Gasteiger charge is -2.19. The fourth-order valence-corrected chi connectivity index (χ4v) is 2.86. The lowest BCUT2D eigenvalue weighted by Crippen LogP contribution is -2.23. The molecule has 0 saturated heterocycles. The summed E-state index contributed by atoms with van der Waals surface area (Å²) in [5.74, 6) is 0.215. The molecule has 2 aromatic rings. The van der Waals surface area contributed by atoms with Gasteiger partial charge in [-0.3, -0.25) is 0 Å². The average molecular weight is 306 g/mol. The topological polar surface area (TPSA) is 12.0 Å². The molecule has 21 heavy (non-hydrogen) atoms. The number of hydrogen-bond donors (Lipinski definition) is 1. The Hall–Kier alpha value is -1.38. The van der Waals surface area contributed by atoms with E-state index in [2.05, 4.69) is 11.4 Å². The highest BCUT2D eigenvalue weighted by Gasteiger charge is 2.13. The van der Waals surface area contributed by atoms with Gasteiger partial charge in [-0.25, -0.2) is 4.39 Å². The Morgan fingerprint density at radius 1 is 1.10 bits per heavy atom. The first-order valence-electron chi connectivity index (χ1n) is 7.23. The minimum Gasteiger partial charge on any atom is -0.319 e. The number of benzene rings is 2. The summed E-state index contributed by atoms with van der Waals surface area (Å²) < 4.78 is 13.4. The summed E-state index contributed by atoms with van der Waals surface area (Å²) in [6.45, 7) is 2.90. The van der Waals surface area contributed by atoms with E-state index in [1.54, 1.807) is 6.07 Å². The Bertz CT molecular complexity index is 598. The van der Waals surface area contributed by atoms with E-state index in [4.69, 9.17) is 11.6 Å². The molecule has 2 aromatic carbocycles. The molecule has 0 aliphatic carbocycles. The van der Waals surface area contributed by atoms with Gasteiger partial charge in [-0.15, -0.1) is 0 Å². The number of hydrogen-bond acceptors (Lipinski definition) is 1. The maximum atomic E-state index is 13.4.